The zero-order valence-electron chi connectivity index (χ0n) is 12.4. The SMILES string of the molecule is CCCNc1ncnc(SCCCOC)c1C(C)C. The Morgan fingerprint density at radius 3 is 2.79 bits per heavy atom. The van der Waals surface area contributed by atoms with Crippen molar-refractivity contribution in [2.45, 2.75) is 44.6 Å². The van der Waals surface area contributed by atoms with Crippen molar-refractivity contribution in [3.8, 4) is 0 Å². The van der Waals surface area contributed by atoms with Gasteiger partial charge in [-0.05, 0) is 18.8 Å². The second-order valence-corrected chi connectivity index (χ2v) is 5.80. The molecule has 1 N–H and O–H groups in total. The van der Waals surface area contributed by atoms with E-state index in [1.165, 1.54) is 5.56 Å². The minimum atomic E-state index is 0.422. The third kappa shape index (κ3) is 5.37. The van der Waals surface area contributed by atoms with Crippen LogP contribution in [0.2, 0.25) is 0 Å². The lowest BCUT2D eigenvalue weighted by atomic mass is 10.1. The minimum Gasteiger partial charge on any atom is -0.385 e. The molecule has 5 heteroatoms. The van der Waals surface area contributed by atoms with Crippen LogP contribution in [0.15, 0.2) is 11.4 Å². The molecule has 1 heterocycles. The Bertz CT molecular complexity index is 372. The Balaban J connectivity index is 2.77. The number of thioether (sulfide) groups is 1. The molecule has 4 nitrogen and oxygen atoms in total. The monoisotopic (exact) mass is 283 g/mol. The van der Waals surface area contributed by atoms with Gasteiger partial charge in [0, 0.05) is 31.6 Å². The number of ether oxygens (including phenoxy) is 1. The number of hydrogen-bond donors (Lipinski definition) is 1. The molecule has 0 fully saturated rings. The lowest BCUT2D eigenvalue weighted by Crippen LogP contribution is -2.08. The van der Waals surface area contributed by atoms with Crippen LogP contribution in [0.5, 0.6) is 0 Å². The van der Waals surface area contributed by atoms with Crippen LogP contribution in [-0.4, -0.2) is 36.0 Å². The van der Waals surface area contributed by atoms with E-state index in [0.717, 1.165) is 42.6 Å². The Labute approximate surface area is 120 Å². The molecule has 0 bridgehead atoms. The van der Waals surface area contributed by atoms with E-state index in [2.05, 4.69) is 36.1 Å². The number of hydrogen-bond acceptors (Lipinski definition) is 5. The molecule has 0 aliphatic rings. The fourth-order valence-corrected chi connectivity index (χ4v) is 2.84. The maximum absolute atomic E-state index is 5.08. The van der Waals surface area contributed by atoms with Crippen LogP contribution in [-0.2, 0) is 4.74 Å². The van der Waals surface area contributed by atoms with Gasteiger partial charge in [-0.3, -0.25) is 0 Å². The second kappa shape index (κ2) is 9.15. The van der Waals surface area contributed by atoms with Gasteiger partial charge in [-0.1, -0.05) is 20.8 Å². The van der Waals surface area contributed by atoms with E-state index in [4.69, 9.17) is 4.74 Å². The van der Waals surface area contributed by atoms with Gasteiger partial charge in [0.2, 0.25) is 0 Å². The van der Waals surface area contributed by atoms with E-state index < -0.39 is 0 Å². The van der Waals surface area contributed by atoms with E-state index in [1.807, 2.05) is 0 Å². The smallest absolute Gasteiger partial charge is 0.133 e. The van der Waals surface area contributed by atoms with Gasteiger partial charge < -0.3 is 10.1 Å². The van der Waals surface area contributed by atoms with Crippen molar-refractivity contribution in [1.29, 1.82) is 0 Å². The Morgan fingerprint density at radius 2 is 2.16 bits per heavy atom. The van der Waals surface area contributed by atoms with E-state index in [9.17, 15) is 0 Å². The summed E-state index contributed by atoms with van der Waals surface area (Å²) in [4.78, 5) is 8.82. The second-order valence-electron chi connectivity index (χ2n) is 4.72. The van der Waals surface area contributed by atoms with Crippen LogP contribution in [0.1, 0.15) is 45.1 Å². The van der Waals surface area contributed by atoms with E-state index in [1.54, 1.807) is 25.2 Å². The lowest BCUT2D eigenvalue weighted by Gasteiger charge is -2.16. The van der Waals surface area contributed by atoms with Crippen LogP contribution in [0.3, 0.4) is 0 Å². The van der Waals surface area contributed by atoms with E-state index in [0.29, 0.717) is 5.92 Å². The number of anilines is 1. The summed E-state index contributed by atoms with van der Waals surface area (Å²) in [6.45, 7) is 8.29. The Hall–Kier alpha value is -0.810. The lowest BCUT2D eigenvalue weighted by molar-refractivity contribution is 0.200. The summed E-state index contributed by atoms with van der Waals surface area (Å²) >= 11 is 1.79. The molecule has 0 atom stereocenters. The van der Waals surface area contributed by atoms with Gasteiger partial charge in [0.05, 0.1) is 0 Å². The Morgan fingerprint density at radius 1 is 1.37 bits per heavy atom. The number of nitrogens with one attached hydrogen (secondary N) is 1. The highest BCUT2D eigenvalue weighted by Crippen LogP contribution is 2.31. The third-order valence-corrected chi connectivity index (χ3v) is 3.79. The first kappa shape index (κ1) is 16.2. The summed E-state index contributed by atoms with van der Waals surface area (Å²) in [7, 11) is 1.74. The molecule has 1 aromatic heterocycles. The van der Waals surface area contributed by atoms with Crippen molar-refractivity contribution < 1.29 is 4.74 Å². The largest absolute Gasteiger partial charge is 0.385 e. The minimum absolute atomic E-state index is 0.422. The van der Waals surface area contributed by atoms with Crippen LogP contribution in [0, 0.1) is 0 Å². The molecule has 0 saturated heterocycles. The molecule has 0 unspecified atom stereocenters. The van der Waals surface area contributed by atoms with E-state index >= 15 is 0 Å². The highest BCUT2D eigenvalue weighted by atomic mass is 32.2. The fourth-order valence-electron chi connectivity index (χ4n) is 1.77. The van der Waals surface area contributed by atoms with Gasteiger partial charge in [-0.25, -0.2) is 9.97 Å². The highest BCUT2D eigenvalue weighted by molar-refractivity contribution is 7.99. The average Bonchev–Trinajstić information content (AvgIpc) is 2.41. The molecule has 108 valence electrons. The van der Waals surface area contributed by atoms with E-state index in [-0.39, 0.29) is 0 Å². The highest BCUT2D eigenvalue weighted by Gasteiger charge is 2.14. The summed E-state index contributed by atoms with van der Waals surface area (Å²) in [6, 6.07) is 0. The first-order chi connectivity index (χ1) is 9.20. The van der Waals surface area contributed by atoms with Crippen LogP contribution < -0.4 is 5.32 Å². The van der Waals surface area contributed by atoms with Gasteiger partial charge in [-0.15, -0.1) is 11.8 Å². The molecule has 1 rings (SSSR count). The number of aromatic nitrogens is 2. The molecule has 0 saturated carbocycles. The number of rotatable bonds is 9. The third-order valence-electron chi connectivity index (χ3n) is 2.70. The molecule has 0 aliphatic heterocycles. The maximum atomic E-state index is 5.08. The molecule has 0 radical (unpaired) electrons. The summed E-state index contributed by atoms with van der Waals surface area (Å²) in [6.07, 6.45) is 3.79. The van der Waals surface area contributed by atoms with Crippen molar-refractivity contribution in [1.82, 2.24) is 9.97 Å². The Kier molecular flexibility index (Phi) is 7.82. The zero-order chi connectivity index (χ0) is 14.1. The standard InChI is InChI=1S/C14H25N3OS/c1-5-7-15-13-12(11(2)3)14(17-10-16-13)19-9-6-8-18-4/h10-11H,5-9H2,1-4H3,(H,15,16,17). The quantitative estimate of drug-likeness (QED) is 0.426. The normalized spacial score (nSPS) is 11.0. The van der Waals surface area contributed by atoms with Crippen molar-refractivity contribution in [3.63, 3.8) is 0 Å². The van der Waals surface area contributed by atoms with Crippen molar-refractivity contribution in [3.05, 3.63) is 11.9 Å². The first-order valence-corrected chi connectivity index (χ1v) is 7.89. The van der Waals surface area contributed by atoms with Crippen molar-refractivity contribution in [2.75, 3.05) is 31.3 Å². The van der Waals surface area contributed by atoms with Gasteiger partial charge >= 0.3 is 0 Å². The zero-order valence-corrected chi connectivity index (χ0v) is 13.2. The maximum Gasteiger partial charge on any atom is 0.133 e. The van der Waals surface area contributed by atoms with Gasteiger partial charge in [0.1, 0.15) is 17.2 Å². The molecule has 0 spiro atoms. The molecular formula is C14H25N3OS. The van der Waals surface area contributed by atoms with Gasteiger partial charge in [0.15, 0.2) is 0 Å². The molecular weight excluding hydrogens is 258 g/mol. The van der Waals surface area contributed by atoms with Gasteiger partial charge in [-0.2, -0.15) is 0 Å². The predicted octanol–water partition coefficient (Wildman–Crippen LogP) is 3.55. The summed E-state index contributed by atoms with van der Waals surface area (Å²) in [5, 5.41) is 4.49. The van der Waals surface area contributed by atoms with Crippen molar-refractivity contribution in [2.24, 2.45) is 0 Å². The number of methoxy groups -OCH3 is 1. The molecule has 0 aliphatic carbocycles. The fraction of sp³-hybridized carbons (Fsp3) is 0.714. The number of nitrogens with zero attached hydrogens (tertiary/aromatic N) is 2. The summed E-state index contributed by atoms with van der Waals surface area (Å²) in [5.74, 6) is 2.43. The molecule has 0 amide bonds. The van der Waals surface area contributed by atoms with Crippen LogP contribution in [0.4, 0.5) is 5.82 Å². The topological polar surface area (TPSA) is 47.0 Å². The molecule has 1 aromatic rings. The van der Waals surface area contributed by atoms with Crippen molar-refractivity contribution >= 4 is 17.6 Å². The van der Waals surface area contributed by atoms with Crippen LogP contribution >= 0.6 is 11.8 Å². The molecule has 19 heavy (non-hydrogen) atoms. The summed E-state index contributed by atoms with van der Waals surface area (Å²) in [5.41, 5.74) is 1.23. The van der Waals surface area contributed by atoms with Gasteiger partial charge in [0.25, 0.3) is 0 Å². The first-order valence-electron chi connectivity index (χ1n) is 6.91. The van der Waals surface area contributed by atoms with Crippen LogP contribution in [0.25, 0.3) is 0 Å². The average molecular weight is 283 g/mol. The summed E-state index contributed by atoms with van der Waals surface area (Å²) < 4.78 is 5.08. The molecule has 0 aromatic carbocycles. The predicted molar refractivity (Wildman–Crippen MR) is 82.1 cm³/mol.